The summed E-state index contributed by atoms with van der Waals surface area (Å²) in [5.74, 6) is 0. The van der Waals surface area contributed by atoms with Crippen LogP contribution >= 0.6 is 34.2 Å². The standard InChI is InChI=1S/C13H12ClIN2O/c14-10-4-5-12(11(15)9-10)16-6-8-17-7-2-1-3-13(17)18/h1-5,7,9,16H,6,8H2. The predicted octanol–water partition coefficient (Wildman–Crippen LogP) is 3.22. The number of pyridine rings is 1. The van der Waals surface area contributed by atoms with E-state index in [4.69, 9.17) is 11.6 Å². The number of nitrogens with zero attached hydrogens (tertiary/aromatic N) is 1. The van der Waals surface area contributed by atoms with E-state index in [0.717, 1.165) is 14.3 Å². The van der Waals surface area contributed by atoms with Crippen LogP contribution in [0.4, 0.5) is 5.69 Å². The summed E-state index contributed by atoms with van der Waals surface area (Å²) in [7, 11) is 0. The third-order valence-electron chi connectivity index (χ3n) is 2.50. The van der Waals surface area contributed by atoms with Crippen LogP contribution in [0.2, 0.25) is 5.02 Å². The maximum absolute atomic E-state index is 11.5. The zero-order chi connectivity index (χ0) is 13.0. The monoisotopic (exact) mass is 374 g/mol. The van der Waals surface area contributed by atoms with Crippen LogP contribution in [0.15, 0.2) is 47.4 Å². The highest BCUT2D eigenvalue weighted by Gasteiger charge is 2.00. The third-order valence-corrected chi connectivity index (χ3v) is 3.63. The molecule has 1 N–H and O–H groups in total. The number of hydrogen-bond acceptors (Lipinski definition) is 2. The number of benzene rings is 1. The molecule has 94 valence electrons. The third kappa shape index (κ3) is 3.49. The fourth-order valence-corrected chi connectivity index (χ4v) is 2.65. The fraction of sp³-hybridized carbons (Fsp3) is 0.154. The van der Waals surface area contributed by atoms with Crippen molar-refractivity contribution in [1.29, 1.82) is 0 Å². The van der Waals surface area contributed by atoms with Gasteiger partial charge in [-0.25, -0.2) is 0 Å². The van der Waals surface area contributed by atoms with Gasteiger partial charge in [0.1, 0.15) is 0 Å². The summed E-state index contributed by atoms with van der Waals surface area (Å²) in [6, 6.07) is 10.9. The van der Waals surface area contributed by atoms with Crippen LogP contribution in [0.1, 0.15) is 0 Å². The van der Waals surface area contributed by atoms with E-state index in [0.29, 0.717) is 13.1 Å². The molecule has 0 bridgehead atoms. The molecule has 0 aliphatic carbocycles. The first-order chi connectivity index (χ1) is 8.66. The average Bonchev–Trinajstić information content (AvgIpc) is 2.34. The molecular weight excluding hydrogens is 363 g/mol. The van der Waals surface area contributed by atoms with Crippen molar-refractivity contribution in [2.45, 2.75) is 6.54 Å². The van der Waals surface area contributed by atoms with E-state index >= 15 is 0 Å². The molecule has 0 fully saturated rings. The first-order valence-corrected chi connectivity index (χ1v) is 6.97. The van der Waals surface area contributed by atoms with Gasteiger partial charge in [0.2, 0.25) is 0 Å². The van der Waals surface area contributed by atoms with Crippen molar-refractivity contribution in [2.75, 3.05) is 11.9 Å². The van der Waals surface area contributed by atoms with E-state index in [-0.39, 0.29) is 5.56 Å². The summed E-state index contributed by atoms with van der Waals surface area (Å²) < 4.78 is 2.75. The van der Waals surface area contributed by atoms with Gasteiger partial charge in [0.05, 0.1) is 0 Å². The van der Waals surface area contributed by atoms with Crippen molar-refractivity contribution < 1.29 is 0 Å². The molecule has 0 saturated heterocycles. The van der Waals surface area contributed by atoms with Crippen LogP contribution in [-0.4, -0.2) is 11.1 Å². The molecule has 0 aliphatic rings. The van der Waals surface area contributed by atoms with Crippen molar-refractivity contribution in [3.63, 3.8) is 0 Å². The highest BCUT2D eigenvalue weighted by Crippen LogP contribution is 2.21. The Balaban J connectivity index is 1.97. The molecule has 0 saturated carbocycles. The summed E-state index contributed by atoms with van der Waals surface area (Å²) in [5.41, 5.74) is 1.05. The molecule has 3 nitrogen and oxygen atoms in total. The molecule has 0 amide bonds. The zero-order valence-electron chi connectivity index (χ0n) is 9.57. The van der Waals surface area contributed by atoms with Gasteiger partial charge >= 0.3 is 0 Å². The summed E-state index contributed by atoms with van der Waals surface area (Å²) in [6.45, 7) is 1.33. The number of hydrogen-bond donors (Lipinski definition) is 1. The lowest BCUT2D eigenvalue weighted by Gasteiger charge is -2.10. The Morgan fingerprint density at radius 2 is 2.11 bits per heavy atom. The molecule has 18 heavy (non-hydrogen) atoms. The van der Waals surface area contributed by atoms with Crippen molar-refractivity contribution in [2.24, 2.45) is 0 Å². The van der Waals surface area contributed by atoms with Crippen LogP contribution in [0.25, 0.3) is 0 Å². The summed E-state index contributed by atoms with van der Waals surface area (Å²) in [4.78, 5) is 11.5. The highest BCUT2D eigenvalue weighted by molar-refractivity contribution is 14.1. The summed E-state index contributed by atoms with van der Waals surface area (Å²) in [5, 5.41) is 4.02. The Morgan fingerprint density at radius 1 is 1.28 bits per heavy atom. The van der Waals surface area contributed by atoms with Crippen LogP contribution < -0.4 is 10.9 Å². The van der Waals surface area contributed by atoms with Crippen LogP contribution in [0, 0.1) is 3.57 Å². The van der Waals surface area contributed by atoms with Crippen molar-refractivity contribution in [3.05, 3.63) is 61.5 Å². The van der Waals surface area contributed by atoms with Gasteiger partial charge in [-0.3, -0.25) is 4.79 Å². The lowest BCUT2D eigenvalue weighted by Crippen LogP contribution is -2.22. The first kappa shape index (κ1) is 13.4. The lowest BCUT2D eigenvalue weighted by molar-refractivity contribution is 0.697. The normalized spacial score (nSPS) is 10.3. The molecule has 2 rings (SSSR count). The maximum Gasteiger partial charge on any atom is 0.250 e. The Labute approximate surface area is 124 Å². The molecule has 1 aromatic carbocycles. The quantitative estimate of drug-likeness (QED) is 0.834. The lowest BCUT2D eigenvalue weighted by atomic mass is 10.3. The number of rotatable bonds is 4. The van der Waals surface area contributed by atoms with E-state index in [2.05, 4.69) is 27.9 Å². The van der Waals surface area contributed by atoms with Crippen LogP contribution in [-0.2, 0) is 6.54 Å². The Morgan fingerprint density at radius 3 is 2.83 bits per heavy atom. The smallest absolute Gasteiger partial charge is 0.250 e. The van der Waals surface area contributed by atoms with Crippen LogP contribution in [0.3, 0.4) is 0 Å². The summed E-state index contributed by atoms with van der Waals surface area (Å²) >= 11 is 8.12. The molecule has 0 atom stereocenters. The van der Waals surface area contributed by atoms with Gasteiger partial charge in [0.25, 0.3) is 5.56 Å². The first-order valence-electron chi connectivity index (χ1n) is 5.51. The SMILES string of the molecule is O=c1ccccn1CCNc1ccc(Cl)cc1I. The molecule has 0 spiro atoms. The van der Waals surface area contributed by atoms with Gasteiger partial charge in [0, 0.05) is 39.6 Å². The van der Waals surface area contributed by atoms with Crippen LogP contribution in [0.5, 0.6) is 0 Å². The second kappa shape index (κ2) is 6.24. The highest BCUT2D eigenvalue weighted by atomic mass is 127. The van der Waals surface area contributed by atoms with E-state index in [9.17, 15) is 4.79 Å². The maximum atomic E-state index is 11.5. The second-order valence-corrected chi connectivity index (χ2v) is 5.38. The minimum Gasteiger partial charge on any atom is -0.382 e. The van der Waals surface area contributed by atoms with Gasteiger partial charge < -0.3 is 9.88 Å². The minimum absolute atomic E-state index is 0.0186. The molecule has 5 heteroatoms. The average molecular weight is 375 g/mol. The zero-order valence-corrected chi connectivity index (χ0v) is 12.5. The van der Waals surface area contributed by atoms with Crippen molar-refractivity contribution in [3.8, 4) is 0 Å². The number of aromatic nitrogens is 1. The number of nitrogens with one attached hydrogen (secondary N) is 1. The molecule has 0 radical (unpaired) electrons. The Kier molecular flexibility index (Phi) is 4.66. The largest absolute Gasteiger partial charge is 0.382 e. The van der Waals surface area contributed by atoms with Gasteiger partial charge in [-0.2, -0.15) is 0 Å². The topological polar surface area (TPSA) is 34.0 Å². The number of halogens is 2. The molecule has 1 aromatic heterocycles. The summed E-state index contributed by atoms with van der Waals surface area (Å²) in [6.07, 6.45) is 1.79. The molecule has 1 heterocycles. The van der Waals surface area contributed by atoms with Gasteiger partial charge in [-0.1, -0.05) is 17.7 Å². The van der Waals surface area contributed by atoms with E-state index < -0.39 is 0 Å². The van der Waals surface area contributed by atoms with Gasteiger partial charge in [0.15, 0.2) is 0 Å². The molecule has 0 aliphatic heterocycles. The van der Waals surface area contributed by atoms with Crippen molar-refractivity contribution in [1.82, 2.24) is 4.57 Å². The Hall–Kier alpha value is -1.01. The molecule has 0 unspecified atom stereocenters. The van der Waals surface area contributed by atoms with E-state index in [1.807, 2.05) is 24.3 Å². The predicted molar refractivity (Wildman–Crippen MR) is 83.4 cm³/mol. The van der Waals surface area contributed by atoms with Gasteiger partial charge in [-0.05, 0) is 46.9 Å². The van der Waals surface area contributed by atoms with Crippen molar-refractivity contribution >= 4 is 39.9 Å². The molecular formula is C13H12ClIN2O. The minimum atomic E-state index is 0.0186. The Bertz CT molecular complexity index is 598. The second-order valence-electron chi connectivity index (χ2n) is 3.78. The number of anilines is 1. The fourth-order valence-electron chi connectivity index (χ4n) is 1.59. The molecule has 2 aromatic rings. The van der Waals surface area contributed by atoms with E-state index in [1.165, 1.54) is 0 Å². The van der Waals surface area contributed by atoms with Gasteiger partial charge in [-0.15, -0.1) is 0 Å². The van der Waals surface area contributed by atoms with E-state index in [1.54, 1.807) is 22.9 Å².